The number of rotatable bonds is 6. The summed E-state index contributed by atoms with van der Waals surface area (Å²) in [5.74, 6) is -0.335. The minimum atomic E-state index is -0.516. The number of fused-ring (bicyclic) bond motifs is 1. The quantitative estimate of drug-likeness (QED) is 0.350. The average molecular weight is 394 g/mol. The molecule has 0 radical (unpaired) electrons. The zero-order valence-corrected chi connectivity index (χ0v) is 16.7. The van der Waals surface area contributed by atoms with Gasteiger partial charge in [-0.15, -0.1) is 6.58 Å². The first-order chi connectivity index (χ1) is 13.5. The monoisotopic (exact) mass is 394 g/mol. The molecule has 1 N–H and O–H groups in total. The zero-order chi connectivity index (χ0) is 20.3. The number of hydrogen-bond acceptors (Lipinski definition) is 4. The Kier molecular flexibility index (Phi) is 5.90. The van der Waals surface area contributed by atoms with E-state index in [0.717, 1.165) is 17.2 Å². The first-order valence-electron chi connectivity index (χ1n) is 9.14. The van der Waals surface area contributed by atoms with Crippen molar-refractivity contribution in [3.63, 3.8) is 0 Å². The predicted molar refractivity (Wildman–Crippen MR) is 115 cm³/mol. The van der Waals surface area contributed by atoms with Gasteiger partial charge in [-0.25, -0.2) is 0 Å². The largest absolute Gasteiger partial charge is 0.490 e. The third-order valence-corrected chi connectivity index (χ3v) is 4.94. The molecule has 0 aromatic heterocycles. The molecule has 0 saturated carbocycles. The molecule has 1 fully saturated rings. The Hall–Kier alpha value is -2.99. The molecule has 2 amide bonds. The van der Waals surface area contributed by atoms with Crippen LogP contribution < -0.4 is 10.1 Å². The van der Waals surface area contributed by atoms with E-state index in [1.165, 1.54) is 4.90 Å². The second-order valence-electron chi connectivity index (χ2n) is 6.56. The molecular weight excluding hydrogens is 372 g/mol. The number of nitrogens with one attached hydrogen (secondary N) is 1. The number of benzene rings is 2. The molecule has 0 aliphatic carbocycles. The van der Waals surface area contributed by atoms with Crippen LogP contribution in [0.5, 0.6) is 5.75 Å². The van der Waals surface area contributed by atoms with E-state index in [1.807, 2.05) is 50.2 Å². The molecule has 3 rings (SSSR count). The summed E-state index contributed by atoms with van der Waals surface area (Å²) in [6.07, 6.45) is 3.99. The molecule has 28 heavy (non-hydrogen) atoms. The van der Waals surface area contributed by atoms with Crippen LogP contribution in [0.1, 0.15) is 25.8 Å². The van der Waals surface area contributed by atoms with Gasteiger partial charge in [-0.05, 0) is 48.5 Å². The Labute approximate surface area is 169 Å². The van der Waals surface area contributed by atoms with Crippen LogP contribution in [0.2, 0.25) is 0 Å². The summed E-state index contributed by atoms with van der Waals surface area (Å²) >= 11 is 5.11. The van der Waals surface area contributed by atoms with Gasteiger partial charge in [-0.2, -0.15) is 0 Å². The minimum Gasteiger partial charge on any atom is -0.490 e. The molecule has 5 nitrogen and oxygen atoms in total. The van der Waals surface area contributed by atoms with Gasteiger partial charge in [0, 0.05) is 12.1 Å². The number of ether oxygens (including phenoxy) is 1. The van der Waals surface area contributed by atoms with E-state index in [-0.39, 0.29) is 23.3 Å². The smallest absolute Gasteiger partial charge is 0.265 e. The van der Waals surface area contributed by atoms with Gasteiger partial charge in [0.05, 0.1) is 6.10 Å². The Morgan fingerprint density at radius 1 is 1.25 bits per heavy atom. The fourth-order valence-corrected chi connectivity index (χ4v) is 3.21. The normalized spacial score (nSPS) is 17.0. The summed E-state index contributed by atoms with van der Waals surface area (Å²) < 4.78 is 6.07. The zero-order valence-electron chi connectivity index (χ0n) is 15.9. The van der Waals surface area contributed by atoms with Crippen molar-refractivity contribution in [3.8, 4) is 5.75 Å². The van der Waals surface area contributed by atoms with Crippen LogP contribution >= 0.6 is 12.2 Å². The fourth-order valence-electron chi connectivity index (χ4n) is 2.96. The Morgan fingerprint density at radius 2 is 2.00 bits per heavy atom. The van der Waals surface area contributed by atoms with E-state index in [2.05, 4.69) is 11.9 Å². The average Bonchev–Trinajstić information content (AvgIpc) is 2.69. The molecule has 0 unspecified atom stereocenters. The van der Waals surface area contributed by atoms with Gasteiger partial charge >= 0.3 is 0 Å². The van der Waals surface area contributed by atoms with Crippen molar-refractivity contribution in [2.75, 3.05) is 6.54 Å². The van der Waals surface area contributed by atoms with Gasteiger partial charge in [0.25, 0.3) is 11.8 Å². The molecule has 0 bridgehead atoms. The third kappa shape index (κ3) is 3.82. The SMILES string of the molecule is C=CCN1C(=O)/C(=C/c2c(O[C@H](C)CC)ccc3ccccc23)C(=O)NC1=S. The van der Waals surface area contributed by atoms with Crippen molar-refractivity contribution in [1.29, 1.82) is 0 Å². The topological polar surface area (TPSA) is 58.6 Å². The van der Waals surface area contributed by atoms with E-state index < -0.39 is 11.8 Å². The highest BCUT2D eigenvalue weighted by Gasteiger charge is 2.33. The lowest BCUT2D eigenvalue weighted by Gasteiger charge is -2.28. The third-order valence-electron chi connectivity index (χ3n) is 4.62. The Balaban J connectivity index is 2.16. The van der Waals surface area contributed by atoms with Crippen LogP contribution in [0.15, 0.2) is 54.6 Å². The molecule has 6 heteroatoms. The first kappa shape index (κ1) is 19.8. The number of nitrogens with zero attached hydrogens (tertiary/aromatic N) is 1. The van der Waals surface area contributed by atoms with E-state index >= 15 is 0 Å². The van der Waals surface area contributed by atoms with Gasteiger partial charge < -0.3 is 4.74 Å². The van der Waals surface area contributed by atoms with Gasteiger partial charge in [0.1, 0.15) is 11.3 Å². The standard InChI is InChI=1S/C22H22N2O3S/c1-4-12-24-21(26)18(20(25)23-22(24)28)13-17-16-9-7-6-8-15(16)10-11-19(17)27-14(3)5-2/h4,6-11,13-14H,1,5,12H2,2-3H3,(H,23,25,28)/b18-13+/t14-/m1/s1. The molecule has 1 heterocycles. The van der Waals surface area contributed by atoms with E-state index in [4.69, 9.17) is 17.0 Å². The van der Waals surface area contributed by atoms with E-state index in [1.54, 1.807) is 12.2 Å². The van der Waals surface area contributed by atoms with Crippen molar-refractivity contribution >= 4 is 46.0 Å². The molecule has 1 saturated heterocycles. The van der Waals surface area contributed by atoms with Crippen molar-refractivity contribution < 1.29 is 14.3 Å². The maximum absolute atomic E-state index is 12.9. The predicted octanol–water partition coefficient (Wildman–Crippen LogP) is 3.83. The minimum absolute atomic E-state index is 0.000891. The Bertz CT molecular complexity index is 996. The summed E-state index contributed by atoms with van der Waals surface area (Å²) in [4.78, 5) is 26.7. The molecule has 0 spiro atoms. The lowest BCUT2D eigenvalue weighted by atomic mass is 9.99. The summed E-state index contributed by atoms with van der Waals surface area (Å²) in [6, 6.07) is 11.6. The lowest BCUT2D eigenvalue weighted by molar-refractivity contribution is -0.128. The van der Waals surface area contributed by atoms with E-state index in [9.17, 15) is 9.59 Å². The van der Waals surface area contributed by atoms with Gasteiger partial charge in [0.2, 0.25) is 0 Å². The molecule has 1 atom stereocenters. The summed E-state index contributed by atoms with van der Waals surface area (Å²) in [6.45, 7) is 7.89. The maximum atomic E-state index is 12.9. The molecule has 1 aliphatic heterocycles. The number of amides is 2. The number of carbonyl (C=O) groups is 2. The first-order valence-corrected chi connectivity index (χ1v) is 9.55. The molecule has 1 aliphatic rings. The number of hydrogen-bond donors (Lipinski definition) is 1. The van der Waals surface area contributed by atoms with Crippen molar-refractivity contribution in [2.24, 2.45) is 0 Å². The van der Waals surface area contributed by atoms with Crippen LogP contribution in [0.4, 0.5) is 0 Å². The Morgan fingerprint density at radius 3 is 2.71 bits per heavy atom. The second-order valence-corrected chi connectivity index (χ2v) is 6.94. The van der Waals surface area contributed by atoms with Crippen molar-refractivity contribution in [3.05, 3.63) is 60.2 Å². The van der Waals surface area contributed by atoms with Crippen molar-refractivity contribution in [2.45, 2.75) is 26.4 Å². The summed E-state index contributed by atoms with van der Waals surface area (Å²) in [7, 11) is 0. The summed E-state index contributed by atoms with van der Waals surface area (Å²) in [5.41, 5.74) is 0.712. The van der Waals surface area contributed by atoms with Crippen LogP contribution in [0.3, 0.4) is 0 Å². The van der Waals surface area contributed by atoms with Crippen LogP contribution in [0, 0.1) is 0 Å². The number of thiocarbonyl (C=S) groups is 1. The fraction of sp³-hybridized carbons (Fsp3) is 0.227. The van der Waals surface area contributed by atoms with Crippen molar-refractivity contribution in [1.82, 2.24) is 10.2 Å². The highest BCUT2D eigenvalue weighted by atomic mass is 32.1. The molecular formula is C22H22N2O3S. The highest BCUT2D eigenvalue weighted by Crippen LogP contribution is 2.32. The van der Waals surface area contributed by atoms with Crippen LogP contribution in [0.25, 0.3) is 16.8 Å². The maximum Gasteiger partial charge on any atom is 0.265 e. The van der Waals surface area contributed by atoms with Gasteiger partial charge in [0.15, 0.2) is 5.11 Å². The molecule has 2 aromatic rings. The van der Waals surface area contributed by atoms with Crippen LogP contribution in [-0.4, -0.2) is 34.5 Å². The highest BCUT2D eigenvalue weighted by molar-refractivity contribution is 7.80. The second kappa shape index (κ2) is 8.35. The van der Waals surface area contributed by atoms with Gasteiger partial charge in [-0.3, -0.25) is 19.8 Å². The molecule has 144 valence electrons. The van der Waals surface area contributed by atoms with Crippen LogP contribution in [-0.2, 0) is 9.59 Å². The molecule has 2 aromatic carbocycles. The number of carbonyl (C=O) groups excluding carboxylic acids is 2. The lowest BCUT2D eigenvalue weighted by Crippen LogP contribution is -2.53. The van der Waals surface area contributed by atoms with E-state index in [0.29, 0.717) is 11.3 Å². The summed E-state index contributed by atoms with van der Waals surface area (Å²) in [5, 5.41) is 4.56. The van der Waals surface area contributed by atoms with Gasteiger partial charge in [-0.1, -0.05) is 43.3 Å².